The van der Waals surface area contributed by atoms with E-state index in [4.69, 9.17) is 4.74 Å². The van der Waals surface area contributed by atoms with Gasteiger partial charge in [0.1, 0.15) is 18.1 Å². The van der Waals surface area contributed by atoms with E-state index in [1.807, 2.05) is 36.4 Å². The largest absolute Gasteiger partial charge is 0.508 e. The Balaban J connectivity index is 2.05. The number of aromatic hydroxyl groups is 1. The molecule has 0 spiro atoms. The molecule has 0 heterocycles. The number of hydrogen-bond donors (Lipinski definition) is 1. The third kappa shape index (κ3) is 2.76. The van der Waals surface area contributed by atoms with Crippen molar-refractivity contribution in [2.75, 3.05) is 0 Å². The molecule has 2 nitrogen and oxygen atoms in total. The molecule has 0 fully saturated rings. The summed E-state index contributed by atoms with van der Waals surface area (Å²) in [7, 11) is 0. The first kappa shape index (κ1) is 11.0. The van der Waals surface area contributed by atoms with Gasteiger partial charge in [0.2, 0.25) is 0 Å². The van der Waals surface area contributed by atoms with Gasteiger partial charge in [-0.25, -0.2) is 0 Å². The molecular weight excluding hydrogens is 268 g/mol. The molecule has 0 aliphatic carbocycles. The van der Waals surface area contributed by atoms with Crippen LogP contribution >= 0.6 is 15.9 Å². The molecular formula is C13H11BrO2. The van der Waals surface area contributed by atoms with Gasteiger partial charge in [-0.3, -0.25) is 0 Å². The van der Waals surface area contributed by atoms with E-state index in [0.29, 0.717) is 6.61 Å². The zero-order chi connectivity index (χ0) is 11.4. The van der Waals surface area contributed by atoms with Gasteiger partial charge in [-0.15, -0.1) is 0 Å². The van der Waals surface area contributed by atoms with Crippen LogP contribution in [0.4, 0.5) is 0 Å². The SMILES string of the molecule is Oc1ccc(COc2ccccc2)c(Br)c1. The molecule has 3 heteroatoms. The van der Waals surface area contributed by atoms with Crippen LogP contribution in [0.1, 0.15) is 5.56 Å². The Hall–Kier alpha value is -1.48. The van der Waals surface area contributed by atoms with Crippen molar-refractivity contribution in [2.45, 2.75) is 6.61 Å². The van der Waals surface area contributed by atoms with Crippen molar-refractivity contribution in [1.82, 2.24) is 0 Å². The molecule has 0 amide bonds. The summed E-state index contributed by atoms with van der Waals surface area (Å²) in [5.41, 5.74) is 1.00. The smallest absolute Gasteiger partial charge is 0.119 e. The van der Waals surface area contributed by atoms with E-state index in [1.54, 1.807) is 12.1 Å². The van der Waals surface area contributed by atoms with Crippen LogP contribution in [-0.4, -0.2) is 5.11 Å². The number of para-hydroxylation sites is 1. The average molecular weight is 279 g/mol. The molecule has 0 atom stereocenters. The summed E-state index contributed by atoms with van der Waals surface area (Å²) >= 11 is 3.38. The van der Waals surface area contributed by atoms with Crippen molar-refractivity contribution < 1.29 is 9.84 Å². The maximum atomic E-state index is 9.25. The van der Waals surface area contributed by atoms with E-state index in [9.17, 15) is 5.11 Å². The van der Waals surface area contributed by atoms with Crippen LogP contribution in [0, 0.1) is 0 Å². The molecule has 0 unspecified atom stereocenters. The number of halogens is 1. The molecule has 0 saturated carbocycles. The van der Waals surface area contributed by atoms with Gasteiger partial charge in [0, 0.05) is 10.0 Å². The Bertz CT molecular complexity index is 469. The quantitative estimate of drug-likeness (QED) is 0.927. The molecule has 0 aromatic heterocycles. The monoisotopic (exact) mass is 278 g/mol. The van der Waals surface area contributed by atoms with Crippen molar-refractivity contribution in [3.05, 3.63) is 58.6 Å². The molecule has 1 N–H and O–H groups in total. The minimum atomic E-state index is 0.246. The lowest BCUT2D eigenvalue weighted by Gasteiger charge is -2.07. The van der Waals surface area contributed by atoms with Crippen LogP contribution in [0.15, 0.2) is 53.0 Å². The van der Waals surface area contributed by atoms with Crippen molar-refractivity contribution in [3.8, 4) is 11.5 Å². The molecule has 2 aromatic carbocycles. The number of ether oxygens (including phenoxy) is 1. The third-order valence-corrected chi connectivity index (χ3v) is 2.91. The average Bonchev–Trinajstić information content (AvgIpc) is 2.29. The number of phenols is 1. The second kappa shape index (κ2) is 5.03. The minimum absolute atomic E-state index is 0.246. The number of phenolic OH excluding ortho intramolecular Hbond substituents is 1. The Morgan fingerprint density at radius 1 is 1.06 bits per heavy atom. The maximum Gasteiger partial charge on any atom is 0.119 e. The van der Waals surface area contributed by atoms with Gasteiger partial charge in [-0.1, -0.05) is 40.2 Å². The molecule has 0 saturated heterocycles. The van der Waals surface area contributed by atoms with E-state index >= 15 is 0 Å². The predicted molar refractivity (Wildman–Crippen MR) is 66.6 cm³/mol. The fourth-order valence-corrected chi connectivity index (χ4v) is 1.81. The summed E-state index contributed by atoms with van der Waals surface area (Å²) in [6, 6.07) is 14.8. The zero-order valence-electron chi connectivity index (χ0n) is 8.56. The first-order valence-corrected chi connectivity index (χ1v) is 5.70. The van der Waals surface area contributed by atoms with Crippen LogP contribution in [-0.2, 0) is 6.61 Å². The number of benzene rings is 2. The number of rotatable bonds is 3. The highest BCUT2D eigenvalue weighted by Crippen LogP contribution is 2.23. The lowest BCUT2D eigenvalue weighted by Crippen LogP contribution is -1.95. The van der Waals surface area contributed by atoms with Crippen LogP contribution in [0.3, 0.4) is 0 Å². The highest BCUT2D eigenvalue weighted by molar-refractivity contribution is 9.10. The fourth-order valence-electron chi connectivity index (χ4n) is 1.33. The standard InChI is InChI=1S/C13H11BrO2/c14-13-8-11(15)7-6-10(13)9-16-12-4-2-1-3-5-12/h1-8,15H,9H2. The van der Waals surface area contributed by atoms with Crippen LogP contribution < -0.4 is 4.74 Å². The highest BCUT2D eigenvalue weighted by atomic mass is 79.9. The van der Waals surface area contributed by atoms with Crippen molar-refractivity contribution in [2.24, 2.45) is 0 Å². The predicted octanol–water partition coefficient (Wildman–Crippen LogP) is 3.73. The summed E-state index contributed by atoms with van der Waals surface area (Å²) in [5.74, 6) is 1.08. The lowest BCUT2D eigenvalue weighted by molar-refractivity contribution is 0.305. The second-order valence-corrected chi connectivity index (χ2v) is 4.23. The Labute approximate surface area is 103 Å². The van der Waals surface area contributed by atoms with Crippen molar-refractivity contribution >= 4 is 15.9 Å². The van der Waals surface area contributed by atoms with Crippen molar-refractivity contribution in [3.63, 3.8) is 0 Å². The van der Waals surface area contributed by atoms with Crippen LogP contribution in [0.2, 0.25) is 0 Å². The Morgan fingerprint density at radius 2 is 1.81 bits per heavy atom. The molecule has 82 valence electrons. The van der Waals surface area contributed by atoms with Crippen LogP contribution in [0.5, 0.6) is 11.5 Å². The van der Waals surface area contributed by atoms with E-state index < -0.39 is 0 Å². The van der Waals surface area contributed by atoms with E-state index in [0.717, 1.165) is 15.8 Å². The lowest BCUT2D eigenvalue weighted by atomic mass is 10.2. The van der Waals surface area contributed by atoms with Gasteiger partial charge in [0.25, 0.3) is 0 Å². The minimum Gasteiger partial charge on any atom is -0.508 e. The number of hydrogen-bond acceptors (Lipinski definition) is 2. The molecule has 0 aliphatic rings. The highest BCUT2D eigenvalue weighted by Gasteiger charge is 2.01. The first-order chi connectivity index (χ1) is 7.75. The summed E-state index contributed by atoms with van der Waals surface area (Å²) in [5, 5.41) is 9.25. The summed E-state index contributed by atoms with van der Waals surface area (Å²) in [6.45, 7) is 0.477. The van der Waals surface area contributed by atoms with Gasteiger partial charge in [-0.2, -0.15) is 0 Å². The molecule has 0 bridgehead atoms. The van der Waals surface area contributed by atoms with Crippen molar-refractivity contribution in [1.29, 1.82) is 0 Å². The normalized spacial score (nSPS) is 10.1. The first-order valence-electron chi connectivity index (χ1n) is 4.91. The van der Waals surface area contributed by atoms with Gasteiger partial charge < -0.3 is 9.84 Å². The summed E-state index contributed by atoms with van der Waals surface area (Å²) in [6.07, 6.45) is 0. The fraction of sp³-hybridized carbons (Fsp3) is 0.0769. The zero-order valence-corrected chi connectivity index (χ0v) is 10.1. The Kier molecular flexibility index (Phi) is 3.47. The topological polar surface area (TPSA) is 29.5 Å². The second-order valence-electron chi connectivity index (χ2n) is 3.38. The van der Waals surface area contributed by atoms with E-state index in [2.05, 4.69) is 15.9 Å². The molecule has 2 rings (SSSR count). The van der Waals surface area contributed by atoms with E-state index in [-0.39, 0.29) is 5.75 Å². The van der Waals surface area contributed by atoms with Gasteiger partial charge in [0.15, 0.2) is 0 Å². The molecule has 16 heavy (non-hydrogen) atoms. The molecule has 0 radical (unpaired) electrons. The molecule has 0 aliphatic heterocycles. The van der Waals surface area contributed by atoms with E-state index in [1.165, 1.54) is 0 Å². The molecule has 2 aromatic rings. The van der Waals surface area contributed by atoms with Gasteiger partial charge in [-0.05, 0) is 24.3 Å². The maximum absolute atomic E-state index is 9.25. The van der Waals surface area contributed by atoms with Gasteiger partial charge >= 0.3 is 0 Å². The van der Waals surface area contributed by atoms with Gasteiger partial charge in [0.05, 0.1) is 0 Å². The Morgan fingerprint density at radius 3 is 2.50 bits per heavy atom. The summed E-state index contributed by atoms with van der Waals surface area (Å²) < 4.78 is 6.45. The van der Waals surface area contributed by atoms with Crippen LogP contribution in [0.25, 0.3) is 0 Å². The summed E-state index contributed by atoms with van der Waals surface area (Å²) in [4.78, 5) is 0. The third-order valence-electron chi connectivity index (χ3n) is 2.17.